The number of rotatable bonds is 4. The van der Waals surface area contributed by atoms with Crippen LogP contribution in [0.1, 0.15) is 52.3 Å². The third-order valence-electron chi connectivity index (χ3n) is 6.64. The van der Waals surface area contributed by atoms with Crippen LogP contribution in [0.5, 0.6) is 0 Å². The predicted molar refractivity (Wildman–Crippen MR) is 140 cm³/mol. The van der Waals surface area contributed by atoms with E-state index in [-0.39, 0.29) is 17.2 Å². The van der Waals surface area contributed by atoms with E-state index >= 15 is 4.39 Å². The number of ether oxygens (including phenoxy) is 1. The van der Waals surface area contributed by atoms with Crippen molar-refractivity contribution >= 4 is 17.4 Å². The Kier molecular flexibility index (Phi) is 9.79. The van der Waals surface area contributed by atoms with Crippen LogP contribution >= 0.6 is 0 Å². The Morgan fingerprint density at radius 3 is 2.59 bits per heavy atom. The van der Waals surface area contributed by atoms with Gasteiger partial charge in [-0.1, -0.05) is 27.7 Å². The molecule has 37 heavy (non-hydrogen) atoms. The molecule has 2 aliphatic rings. The van der Waals surface area contributed by atoms with E-state index in [1.54, 1.807) is 22.8 Å². The zero-order chi connectivity index (χ0) is 27.1. The smallest absolute Gasteiger partial charge is 0.219 e. The lowest BCUT2D eigenvalue weighted by Gasteiger charge is -2.26. The van der Waals surface area contributed by atoms with Gasteiger partial charge in [-0.25, -0.2) is 8.78 Å². The normalized spacial score (nSPS) is 16.5. The number of aromatic nitrogens is 4. The first-order valence-corrected chi connectivity index (χ1v) is 12.9. The first-order valence-electron chi connectivity index (χ1n) is 12.9. The van der Waals surface area contributed by atoms with Gasteiger partial charge in [0.15, 0.2) is 11.6 Å². The average molecular weight is 517 g/mol. The zero-order valence-electron chi connectivity index (χ0n) is 22.6. The van der Waals surface area contributed by atoms with Gasteiger partial charge < -0.3 is 15.0 Å². The Balaban J connectivity index is 0.000000322. The van der Waals surface area contributed by atoms with Crippen LogP contribution in [-0.2, 0) is 29.5 Å². The number of H-pyrrole nitrogens is 1. The highest BCUT2D eigenvalue weighted by molar-refractivity contribution is 5.75. The molecule has 4 heterocycles. The first-order chi connectivity index (χ1) is 17.7. The summed E-state index contributed by atoms with van der Waals surface area (Å²) in [6, 6.07) is 2.58. The quantitative estimate of drug-likeness (QED) is 0.482. The molecule has 3 aromatic rings. The number of aryl methyl sites for hydroxylation is 1. The molecule has 1 amide bonds. The fraction of sp³-hybridized carbons (Fsp3) is 0.519. The van der Waals surface area contributed by atoms with Crippen LogP contribution in [0.15, 0.2) is 24.5 Å². The monoisotopic (exact) mass is 516 g/mol. The van der Waals surface area contributed by atoms with Gasteiger partial charge >= 0.3 is 0 Å². The van der Waals surface area contributed by atoms with Crippen LogP contribution in [0.2, 0.25) is 0 Å². The van der Waals surface area contributed by atoms with E-state index in [9.17, 15) is 9.18 Å². The van der Waals surface area contributed by atoms with Crippen LogP contribution in [0.4, 0.5) is 20.3 Å². The van der Waals surface area contributed by atoms with E-state index in [4.69, 9.17) is 4.74 Å². The molecule has 0 saturated carbocycles. The van der Waals surface area contributed by atoms with Crippen molar-refractivity contribution in [1.82, 2.24) is 24.9 Å². The maximum Gasteiger partial charge on any atom is 0.219 e. The molecule has 1 saturated heterocycles. The summed E-state index contributed by atoms with van der Waals surface area (Å²) in [4.78, 5) is 13.3. The molecule has 1 aromatic carbocycles. The number of amides is 1. The SMILES string of the molecule is CC.CC(=O)N1CCc2[nH]nc(Nc3c(F)ccc(-c4cnn(C)c4)c3F)c2C1.CC(C)C1CCOC1. The number of nitrogens with zero attached hydrogens (tertiary/aromatic N) is 4. The molecular weight excluding hydrogens is 478 g/mol. The number of hydrogen-bond acceptors (Lipinski definition) is 5. The minimum atomic E-state index is -0.726. The number of hydrogen-bond donors (Lipinski definition) is 2. The molecule has 1 unspecified atom stereocenters. The van der Waals surface area contributed by atoms with Gasteiger partial charge in [0.05, 0.1) is 12.7 Å². The molecule has 0 radical (unpaired) electrons. The summed E-state index contributed by atoms with van der Waals surface area (Å²) >= 11 is 0. The number of aromatic amines is 1. The second-order valence-electron chi connectivity index (χ2n) is 9.40. The highest BCUT2D eigenvalue weighted by Crippen LogP contribution is 2.33. The van der Waals surface area contributed by atoms with E-state index in [0.717, 1.165) is 36.3 Å². The van der Waals surface area contributed by atoms with Crippen LogP contribution in [0.25, 0.3) is 11.1 Å². The molecule has 0 spiro atoms. The molecule has 10 heteroatoms. The van der Waals surface area contributed by atoms with Crippen LogP contribution in [0.3, 0.4) is 0 Å². The number of carbonyl (C=O) groups is 1. The summed E-state index contributed by atoms with van der Waals surface area (Å²) in [5.74, 6) is 0.475. The Bertz CT molecular complexity index is 1180. The Morgan fingerprint density at radius 1 is 1.27 bits per heavy atom. The second kappa shape index (κ2) is 12.8. The van der Waals surface area contributed by atoms with Gasteiger partial charge in [-0.3, -0.25) is 14.6 Å². The maximum atomic E-state index is 15.0. The minimum Gasteiger partial charge on any atom is -0.381 e. The predicted octanol–water partition coefficient (Wildman–Crippen LogP) is 5.44. The molecule has 202 valence electrons. The fourth-order valence-electron chi connectivity index (χ4n) is 4.31. The van der Waals surface area contributed by atoms with Crippen molar-refractivity contribution < 1.29 is 18.3 Å². The average Bonchev–Trinajstić information content (AvgIpc) is 3.65. The van der Waals surface area contributed by atoms with Gasteiger partial charge in [0.1, 0.15) is 11.5 Å². The highest BCUT2D eigenvalue weighted by atomic mass is 19.1. The van der Waals surface area contributed by atoms with Gasteiger partial charge in [-0.15, -0.1) is 0 Å². The van der Waals surface area contributed by atoms with Crippen molar-refractivity contribution in [3.8, 4) is 11.1 Å². The number of fused-ring (bicyclic) bond motifs is 1. The zero-order valence-corrected chi connectivity index (χ0v) is 22.6. The van der Waals surface area contributed by atoms with Gasteiger partial charge in [-0.05, 0) is 30.4 Å². The number of anilines is 2. The van der Waals surface area contributed by atoms with E-state index < -0.39 is 11.6 Å². The first kappa shape index (κ1) is 28.3. The van der Waals surface area contributed by atoms with Crippen molar-refractivity contribution in [3.63, 3.8) is 0 Å². The largest absolute Gasteiger partial charge is 0.381 e. The van der Waals surface area contributed by atoms with Gasteiger partial charge in [0.25, 0.3) is 0 Å². The van der Waals surface area contributed by atoms with E-state index in [1.807, 2.05) is 13.8 Å². The van der Waals surface area contributed by atoms with Gasteiger partial charge in [0, 0.05) is 68.7 Å². The van der Waals surface area contributed by atoms with Crippen molar-refractivity contribution in [3.05, 3.63) is 47.4 Å². The molecule has 8 nitrogen and oxygen atoms in total. The van der Waals surface area contributed by atoms with Crippen LogP contribution in [0, 0.1) is 23.5 Å². The second-order valence-corrected chi connectivity index (χ2v) is 9.40. The molecular formula is C27H38F2N6O2. The lowest BCUT2D eigenvalue weighted by molar-refractivity contribution is -0.129. The van der Waals surface area contributed by atoms with E-state index in [1.165, 1.54) is 31.7 Å². The number of carbonyl (C=O) groups excluding carboxylic acids is 1. The third-order valence-corrected chi connectivity index (χ3v) is 6.64. The number of halogens is 2. The standard InChI is InChI=1S/C18H18F2N6O.C7H14O.C2H6/c1-10(27)26-6-5-15-13(9-26)18(24-23-15)22-17-14(19)4-3-12(16(17)20)11-7-21-25(2)8-11;1-6(2)7-3-4-8-5-7;1-2/h3-4,7-8H,5-6,9H2,1-2H3,(H2,22,23,24);6-7H,3-5H2,1-2H3;1-2H3. The summed E-state index contributed by atoms with van der Waals surface area (Å²) in [6.45, 7) is 12.9. The maximum absolute atomic E-state index is 15.0. The van der Waals surface area contributed by atoms with Crippen LogP contribution < -0.4 is 5.32 Å². The molecule has 2 N–H and O–H groups in total. The van der Waals surface area contributed by atoms with Crippen molar-refractivity contribution in [2.75, 3.05) is 25.1 Å². The van der Waals surface area contributed by atoms with Crippen molar-refractivity contribution in [1.29, 1.82) is 0 Å². The number of benzene rings is 1. The summed E-state index contributed by atoms with van der Waals surface area (Å²) in [6.07, 6.45) is 5.06. The third kappa shape index (κ3) is 6.74. The Morgan fingerprint density at radius 2 is 2.03 bits per heavy atom. The summed E-state index contributed by atoms with van der Waals surface area (Å²) in [5.41, 5.74) is 2.10. The van der Waals surface area contributed by atoms with Crippen molar-refractivity contribution in [2.45, 2.75) is 54.0 Å². The molecule has 2 aromatic heterocycles. The van der Waals surface area contributed by atoms with E-state index in [0.29, 0.717) is 30.9 Å². The molecule has 0 bridgehead atoms. The fourth-order valence-corrected chi connectivity index (χ4v) is 4.31. The van der Waals surface area contributed by atoms with E-state index in [2.05, 4.69) is 34.5 Å². The Hall–Kier alpha value is -3.27. The Labute approximate surface area is 217 Å². The van der Waals surface area contributed by atoms with Gasteiger partial charge in [0.2, 0.25) is 5.91 Å². The van der Waals surface area contributed by atoms with Crippen LogP contribution in [-0.4, -0.2) is 50.5 Å². The topological polar surface area (TPSA) is 88.1 Å². The summed E-state index contributed by atoms with van der Waals surface area (Å²) in [5, 5.41) is 13.8. The molecule has 1 fully saturated rings. The van der Waals surface area contributed by atoms with Crippen molar-refractivity contribution in [2.24, 2.45) is 18.9 Å². The molecule has 5 rings (SSSR count). The highest BCUT2D eigenvalue weighted by Gasteiger charge is 2.25. The lowest BCUT2D eigenvalue weighted by Crippen LogP contribution is -2.34. The molecule has 1 atom stereocenters. The minimum absolute atomic E-state index is 0.0521. The summed E-state index contributed by atoms with van der Waals surface area (Å²) < 4.78 is 36.1. The summed E-state index contributed by atoms with van der Waals surface area (Å²) in [7, 11) is 1.72. The van der Waals surface area contributed by atoms with Gasteiger partial charge in [-0.2, -0.15) is 10.2 Å². The number of nitrogens with one attached hydrogen (secondary N) is 2. The lowest BCUT2D eigenvalue weighted by atomic mass is 9.96. The molecule has 0 aliphatic carbocycles. The molecule has 2 aliphatic heterocycles.